The summed E-state index contributed by atoms with van der Waals surface area (Å²) in [6.45, 7) is 4.49. The summed E-state index contributed by atoms with van der Waals surface area (Å²) < 4.78 is 68.4. The van der Waals surface area contributed by atoms with Crippen molar-refractivity contribution in [2.75, 3.05) is 39.6 Å². The zero-order chi connectivity index (χ0) is 76.0. The Bertz CT molecular complexity index is 2370. The van der Waals surface area contributed by atoms with E-state index in [4.69, 9.17) is 37.0 Å². The van der Waals surface area contributed by atoms with Crippen LogP contribution in [0.15, 0.2) is 146 Å². The van der Waals surface area contributed by atoms with Gasteiger partial charge in [-0.25, -0.2) is 9.13 Å². The smallest absolute Gasteiger partial charge is 0.462 e. The van der Waals surface area contributed by atoms with Crippen LogP contribution in [0.25, 0.3) is 0 Å². The Hall–Kier alpha value is -5.06. The standard InChI is InChI=1S/C85H142O17P2/c1-5-9-13-17-21-25-29-33-35-37-39-41-43-47-51-55-59-63-67-71-84(89)101-80(75-95-82(87)69-65-61-57-53-49-45-31-27-23-19-15-11-7-3)77-99-103(91,92)97-73-79(86)74-98-104(93,94)100-78-81(76-96-83(88)70-66-62-58-54-50-46-32-28-24-20-16-12-8-4)102-85(90)72-68-64-60-56-52-48-44-42-40-38-36-34-30-26-22-18-14-10-6-2/h9-10,13-14,21-22,25-26,33-36,39-42,47-48,51-52,59-60,63-64,79-81,86H,5-8,11-12,15-20,23-24,27-32,37-38,43-46,49-50,53-58,61-62,65-78H2,1-4H3,(H,91,92)(H,93,94)/b13-9-,14-10-,25-21-,26-22-,35-33-,36-34-,41-39-,42-40-,51-47-,52-48-,63-59-,64-60-/t80-,81-/m1/s1. The number of aliphatic hydroxyl groups is 1. The molecule has 104 heavy (non-hydrogen) atoms. The van der Waals surface area contributed by atoms with Crippen molar-refractivity contribution < 1.29 is 80.2 Å². The lowest BCUT2D eigenvalue weighted by Gasteiger charge is -2.21. The molecule has 19 heteroatoms. The molecule has 4 atom stereocenters. The highest BCUT2D eigenvalue weighted by Crippen LogP contribution is 2.45. The van der Waals surface area contributed by atoms with Crippen molar-refractivity contribution in [1.82, 2.24) is 0 Å². The molecule has 3 N–H and O–H groups in total. The van der Waals surface area contributed by atoms with E-state index < -0.39 is 97.5 Å². The van der Waals surface area contributed by atoms with Crippen LogP contribution in [0, 0.1) is 0 Å². The third kappa shape index (κ3) is 75.2. The summed E-state index contributed by atoms with van der Waals surface area (Å²) in [6.07, 6.45) is 87.2. The fraction of sp³-hybridized carbons (Fsp3) is 0.671. The number of hydrogen-bond acceptors (Lipinski definition) is 15. The van der Waals surface area contributed by atoms with E-state index in [2.05, 4.69) is 137 Å². The molecule has 2 unspecified atom stereocenters. The minimum absolute atomic E-state index is 0.0337. The first-order valence-corrected chi connectivity index (χ1v) is 43.1. The van der Waals surface area contributed by atoms with Gasteiger partial charge in [-0.2, -0.15) is 0 Å². The minimum Gasteiger partial charge on any atom is -0.462 e. The van der Waals surface area contributed by atoms with E-state index in [9.17, 15) is 43.2 Å². The van der Waals surface area contributed by atoms with E-state index in [-0.39, 0.29) is 25.7 Å². The molecule has 0 spiro atoms. The summed E-state index contributed by atoms with van der Waals surface area (Å²) in [6, 6.07) is 0. The summed E-state index contributed by atoms with van der Waals surface area (Å²) in [7, 11) is -10.0. The van der Waals surface area contributed by atoms with Gasteiger partial charge in [-0.15, -0.1) is 0 Å². The Morgan fingerprint density at radius 1 is 0.279 bits per heavy atom. The zero-order valence-corrected chi connectivity index (χ0v) is 66.7. The number of ether oxygens (including phenoxy) is 4. The van der Waals surface area contributed by atoms with Gasteiger partial charge in [-0.1, -0.05) is 328 Å². The molecule has 0 bridgehead atoms. The molecule has 0 rings (SSSR count). The van der Waals surface area contributed by atoms with Crippen molar-refractivity contribution in [2.45, 2.75) is 329 Å². The van der Waals surface area contributed by atoms with Crippen molar-refractivity contribution in [3.63, 3.8) is 0 Å². The first kappa shape index (κ1) is 98.9. The molecule has 0 aromatic carbocycles. The Kier molecular flexibility index (Phi) is 72.4. The van der Waals surface area contributed by atoms with Gasteiger partial charge in [0, 0.05) is 25.7 Å². The SMILES string of the molecule is CC/C=C\C/C=C\C/C=C\C/C=C\C/C=C\C/C=C\CCC(=O)O[C@H](COC(=O)CCCCCCCCCCCCCCC)COP(=O)(O)OCC(O)COP(=O)(O)OC[C@@H](COC(=O)CCCCCCCCCCCCCCC)OC(=O)CC/C=C\C/C=C\C/C=C\C/C=C\C/C=C\C/C=C\CC. The van der Waals surface area contributed by atoms with Crippen LogP contribution in [0.1, 0.15) is 310 Å². The highest BCUT2D eigenvalue weighted by Gasteiger charge is 2.30. The lowest BCUT2D eigenvalue weighted by molar-refractivity contribution is -0.161. The first-order valence-electron chi connectivity index (χ1n) is 40.1. The van der Waals surface area contributed by atoms with Crippen LogP contribution < -0.4 is 0 Å². The molecule has 0 aliphatic carbocycles. The van der Waals surface area contributed by atoms with Gasteiger partial charge in [0.2, 0.25) is 0 Å². The van der Waals surface area contributed by atoms with E-state index in [1.807, 2.05) is 36.5 Å². The molecule has 0 aromatic rings. The van der Waals surface area contributed by atoms with Crippen LogP contribution in [-0.2, 0) is 65.4 Å². The van der Waals surface area contributed by atoms with Crippen LogP contribution in [0.3, 0.4) is 0 Å². The van der Waals surface area contributed by atoms with E-state index >= 15 is 0 Å². The largest absolute Gasteiger partial charge is 0.472 e. The second-order valence-corrected chi connectivity index (χ2v) is 29.2. The van der Waals surface area contributed by atoms with Crippen molar-refractivity contribution in [2.24, 2.45) is 0 Å². The topological polar surface area (TPSA) is 237 Å². The van der Waals surface area contributed by atoms with Gasteiger partial charge >= 0.3 is 39.5 Å². The Morgan fingerprint density at radius 2 is 0.500 bits per heavy atom. The van der Waals surface area contributed by atoms with Gasteiger partial charge in [0.05, 0.1) is 26.4 Å². The molecule has 0 saturated heterocycles. The fourth-order valence-electron chi connectivity index (χ4n) is 10.3. The third-order valence-electron chi connectivity index (χ3n) is 16.4. The second-order valence-electron chi connectivity index (χ2n) is 26.3. The molecule has 0 fully saturated rings. The van der Waals surface area contributed by atoms with Gasteiger partial charge in [0.15, 0.2) is 12.2 Å². The zero-order valence-electron chi connectivity index (χ0n) is 64.9. The van der Waals surface area contributed by atoms with Gasteiger partial charge in [0.25, 0.3) is 0 Å². The number of rotatable bonds is 74. The van der Waals surface area contributed by atoms with Gasteiger partial charge in [-0.05, 0) is 103 Å². The molecular formula is C85H142O17P2. The number of carbonyl (C=O) groups excluding carboxylic acids is 4. The van der Waals surface area contributed by atoms with E-state index in [0.717, 1.165) is 116 Å². The van der Waals surface area contributed by atoms with Gasteiger partial charge in [0.1, 0.15) is 19.3 Å². The predicted octanol–water partition coefficient (Wildman–Crippen LogP) is 23.4. The van der Waals surface area contributed by atoms with Gasteiger partial charge in [-0.3, -0.25) is 37.3 Å². The van der Waals surface area contributed by atoms with Crippen molar-refractivity contribution in [1.29, 1.82) is 0 Å². The highest BCUT2D eigenvalue weighted by molar-refractivity contribution is 7.47. The predicted molar refractivity (Wildman–Crippen MR) is 427 cm³/mol. The number of aliphatic hydroxyl groups excluding tert-OH is 1. The quantitative estimate of drug-likeness (QED) is 0.0169. The molecule has 0 saturated carbocycles. The van der Waals surface area contributed by atoms with Gasteiger partial charge < -0.3 is 33.8 Å². The number of phosphoric ester groups is 2. The number of allylic oxidation sites excluding steroid dienone is 24. The maximum absolute atomic E-state index is 13.1. The summed E-state index contributed by atoms with van der Waals surface area (Å²) in [5.74, 6) is -2.37. The number of carbonyl (C=O) groups is 4. The average molecular weight is 1500 g/mol. The number of esters is 4. The molecular weight excluding hydrogens is 1350 g/mol. The molecule has 17 nitrogen and oxygen atoms in total. The van der Waals surface area contributed by atoms with E-state index in [1.54, 1.807) is 0 Å². The molecule has 0 aromatic heterocycles. The van der Waals surface area contributed by atoms with E-state index in [1.165, 1.54) is 103 Å². The number of phosphoric acid groups is 2. The molecule has 0 heterocycles. The minimum atomic E-state index is -5.00. The monoisotopic (exact) mass is 1500 g/mol. The van der Waals surface area contributed by atoms with Crippen LogP contribution in [-0.4, -0.2) is 96.7 Å². The van der Waals surface area contributed by atoms with Crippen LogP contribution >= 0.6 is 15.6 Å². The number of hydrogen-bond donors (Lipinski definition) is 3. The lowest BCUT2D eigenvalue weighted by Crippen LogP contribution is -2.30. The summed E-state index contributed by atoms with van der Waals surface area (Å²) in [4.78, 5) is 72.9. The van der Waals surface area contributed by atoms with Crippen LogP contribution in [0.5, 0.6) is 0 Å². The van der Waals surface area contributed by atoms with Crippen molar-refractivity contribution in [3.8, 4) is 0 Å². The Morgan fingerprint density at radius 3 is 0.750 bits per heavy atom. The maximum Gasteiger partial charge on any atom is 0.472 e. The van der Waals surface area contributed by atoms with Crippen molar-refractivity contribution >= 4 is 39.5 Å². The lowest BCUT2D eigenvalue weighted by atomic mass is 10.0. The first-order chi connectivity index (χ1) is 50.7. The second kappa shape index (κ2) is 76.1. The molecule has 594 valence electrons. The molecule has 0 aliphatic heterocycles. The molecule has 0 radical (unpaired) electrons. The summed E-state index contributed by atoms with van der Waals surface area (Å²) in [5.41, 5.74) is 0. The summed E-state index contributed by atoms with van der Waals surface area (Å²) in [5, 5.41) is 10.6. The maximum atomic E-state index is 13.1. The van der Waals surface area contributed by atoms with E-state index in [0.29, 0.717) is 38.5 Å². The molecule has 0 amide bonds. The normalized spacial score (nSPS) is 14.6. The van der Waals surface area contributed by atoms with Crippen LogP contribution in [0.2, 0.25) is 0 Å². The Labute approximate surface area is 630 Å². The summed E-state index contributed by atoms with van der Waals surface area (Å²) >= 11 is 0. The highest BCUT2D eigenvalue weighted by atomic mass is 31.2. The van der Waals surface area contributed by atoms with Crippen molar-refractivity contribution in [3.05, 3.63) is 146 Å². The fourth-order valence-corrected chi connectivity index (χ4v) is 11.9. The van der Waals surface area contributed by atoms with Crippen LogP contribution in [0.4, 0.5) is 0 Å². The average Bonchev–Trinajstić information content (AvgIpc) is 0.907. The third-order valence-corrected chi connectivity index (χ3v) is 18.3. The number of unbranched alkanes of at least 4 members (excludes halogenated alkanes) is 24. The Balaban J connectivity index is 5.49. The molecule has 0 aliphatic rings.